The van der Waals surface area contributed by atoms with E-state index in [-0.39, 0.29) is 18.4 Å². The number of rotatable bonds is 4. The first-order chi connectivity index (χ1) is 6.03. The van der Waals surface area contributed by atoms with Gasteiger partial charge in [0.1, 0.15) is 0 Å². The lowest BCUT2D eigenvalue weighted by atomic mass is 9.82. The van der Waals surface area contributed by atoms with Crippen molar-refractivity contribution < 1.29 is 14.3 Å². The van der Waals surface area contributed by atoms with E-state index < -0.39 is 0 Å². The molecule has 0 bridgehead atoms. The van der Waals surface area contributed by atoms with Crippen molar-refractivity contribution >= 4 is 5.97 Å². The lowest BCUT2D eigenvalue weighted by Gasteiger charge is -2.37. The molecule has 1 aliphatic rings. The number of esters is 1. The average molecular weight is 184 g/mol. The Bertz CT molecular complexity index is 216. The molecule has 3 heteroatoms. The summed E-state index contributed by atoms with van der Waals surface area (Å²) in [6, 6.07) is 0. The monoisotopic (exact) mass is 184 g/mol. The first kappa shape index (κ1) is 10.3. The summed E-state index contributed by atoms with van der Waals surface area (Å²) < 4.78 is 10.2. The van der Waals surface area contributed by atoms with E-state index in [1.54, 1.807) is 6.92 Å². The van der Waals surface area contributed by atoms with Crippen LogP contribution in [-0.4, -0.2) is 18.4 Å². The highest BCUT2D eigenvalue weighted by Crippen LogP contribution is 2.34. The molecule has 74 valence electrons. The van der Waals surface area contributed by atoms with Crippen LogP contribution in [0.5, 0.6) is 0 Å². The highest BCUT2D eigenvalue weighted by Gasteiger charge is 2.32. The minimum atomic E-state index is -0.386. The molecule has 1 fully saturated rings. The molecule has 0 aliphatic heterocycles. The van der Waals surface area contributed by atoms with Crippen molar-refractivity contribution in [2.45, 2.75) is 38.7 Å². The Morgan fingerprint density at radius 1 is 1.54 bits per heavy atom. The Morgan fingerprint density at radius 2 is 2.15 bits per heavy atom. The zero-order chi connectivity index (χ0) is 9.90. The SMILES string of the molecule is C=C(C)C(=O)OCOC1(C)CCC1. The molecule has 13 heavy (non-hydrogen) atoms. The van der Waals surface area contributed by atoms with Gasteiger partial charge >= 0.3 is 5.97 Å². The number of hydrogen-bond donors (Lipinski definition) is 0. The lowest BCUT2D eigenvalue weighted by Crippen LogP contribution is -2.37. The molecule has 1 saturated carbocycles. The maximum absolute atomic E-state index is 10.9. The second kappa shape index (κ2) is 3.92. The van der Waals surface area contributed by atoms with Crippen LogP contribution in [0.1, 0.15) is 33.1 Å². The van der Waals surface area contributed by atoms with E-state index in [2.05, 4.69) is 6.58 Å². The van der Waals surface area contributed by atoms with Gasteiger partial charge in [0.05, 0.1) is 5.60 Å². The summed E-state index contributed by atoms with van der Waals surface area (Å²) in [7, 11) is 0. The lowest BCUT2D eigenvalue weighted by molar-refractivity contribution is -0.179. The summed E-state index contributed by atoms with van der Waals surface area (Å²) in [5.74, 6) is -0.386. The molecule has 0 spiro atoms. The fraction of sp³-hybridized carbons (Fsp3) is 0.700. The van der Waals surface area contributed by atoms with Gasteiger partial charge in [-0.2, -0.15) is 0 Å². The van der Waals surface area contributed by atoms with Gasteiger partial charge < -0.3 is 9.47 Å². The summed E-state index contributed by atoms with van der Waals surface area (Å²) in [5, 5.41) is 0. The Kier molecular flexibility index (Phi) is 3.09. The zero-order valence-electron chi connectivity index (χ0n) is 8.26. The van der Waals surface area contributed by atoms with Crippen LogP contribution in [0.15, 0.2) is 12.2 Å². The van der Waals surface area contributed by atoms with Gasteiger partial charge in [-0.05, 0) is 33.1 Å². The molecule has 0 N–H and O–H groups in total. The third-order valence-corrected chi connectivity index (χ3v) is 2.36. The molecule has 0 aromatic carbocycles. The zero-order valence-corrected chi connectivity index (χ0v) is 8.26. The van der Waals surface area contributed by atoms with Crippen molar-refractivity contribution in [2.24, 2.45) is 0 Å². The van der Waals surface area contributed by atoms with Crippen LogP contribution in [0.3, 0.4) is 0 Å². The van der Waals surface area contributed by atoms with Crippen LogP contribution >= 0.6 is 0 Å². The Labute approximate surface area is 78.7 Å². The van der Waals surface area contributed by atoms with Crippen LogP contribution in [0, 0.1) is 0 Å². The number of hydrogen-bond acceptors (Lipinski definition) is 3. The molecule has 0 atom stereocenters. The molecule has 0 amide bonds. The van der Waals surface area contributed by atoms with E-state index in [9.17, 15) is 4.79 Å². The van der Waals surface area contributed by atoms with E-state index in [1.807, 2.05) is 6.92 Å². The van der Waals surface area contributed by atoms with E-state index >= 15 is 0 Å². The molecule has 0 saturated heterocycles. The third kappa shape index (κ3) is 2.84. The molecule has 1 rings (SSSR count). The Balaban J connectivity index is 2.13. The van der Waals surface area contributed by atoms with Crippen LogP contribution < -0.4 is 0 Å². The standard InChI is InChI=1S/C10H16O3/c1-8(2)9(11)12-7-13-10(3)5-4-6-10/h1,4-7H2,2-3H3. The van der Waals surface area contributed by atoms with Crippen molar-refractivity contribution in [3.05, 3.63) is 12.2 Å². The molecule has 1 aliphatic carbocycles. The van der Waals surface area contributed by atoms with Crippen molar-refractivity contribution in [2.75, 3.05) is 6.79 Å². The predicted octanol–water partition coefficient (Wildman–Crippen LogP) is 2.02. The molecule has 0 heterocycles. The fourth-order valence-corrected chi connectivity index (χ4v) is 1.17. The largest absolute Gasteiger partial charge is 0.435 e. The highest BCUT2D eigenvalue weighted by atomic mass is 16.7. The molecular formula is C10H16O3. The second-order valence-electron chi connectivity index (χ2n) is 3.78. The van der Waals surface area contributed by atoms with Gasteiger partial charge in [-0.1, -0.05) is 6.58 Å². The summed E-state index contributed by atoms with van der Waals surface area (Å²) in [6.45, 7) is 7.17. The molecular weight excluding hydrogens is 168 g/mol. The van der Waals surface area contributed by atoms with E-state index in [4.69, 9.17) is 9.47 Å². The molecule has 0 aromatic rings. The maximum Gasteiger partial charge on any atom is 0.335 e. The van der Waals surface area contributed by atoms with Gasteiger partial charge in [-0.25, -0.2) is 4.79 Å². The van der Waals surface area contributed by atoms with Crippen LogP contribution in [0.25, 0.3) is 0 Å². The minimum absolute atomic E-state index is 0.0438. The van der Waals surface area contributed by atoms with Gasteiger partial charge in [0, 0.05) is 5.57 Å². The summed E-state index contributed by atoms with van der Waals surface area (Å²) in [4.78, 5) is 10.9. The number of carbonyl (C=O) groups excluding carboxylic acids is 1. The molecule has 0 radical (unpaired) electrons. The average Bonchev–Trinajstić information content (AvgIpc) is 2.01. The highest BCUT2D eigenvalue weighted by molar-refractivity contribution is 5.86. The van der Waals surface area contributed by atoms with Crippen molar-refractivity contribution in [3.63, 3.8) is 0 Å². The van der Waals surface area contributed by atoms with Crippen LogP contribution in [0.4, 0.5) is 0 Å². The topological polar surface area (TPSA) is 35.5 Å². The summed E-state index contributed by atoms with van der Waals surface area (Å²) >= 11 is 0. The number of carbonyl (C=O) groups is 1. The Morgan fingerprint density at radius 3 is 2.54 bits per heavy atom. The van der Waals surface area contributed by atoms with Crippen LogP contribution in [-0.2, 0) is 14.3 Å². The number of ether oxygens (including phenoxy) is 2. The van der Waals surface area contributed by atoms with E-state index in [0.717, 1.165) is 12.8 Å². The van der Waals surface area contributed by atoms with E-state index in [1.165, 1.54) is 6.42 Å². The van der Waals surface area contributed by atoms with Crippen molar-refractivity contribution in [3.8, 4) is 0 Å². The van der Waals surface area contributed by atoms with Gasteiger partial charge in [0.2, 0.25) is 0 Å². The van der Waals surface area contributed by atoms with Gasteiger partial charge in [0.15, 0.2) is 6.79 Å². The fourth-order valence-electron chi connectivity index (χ4n) is 1.17. The first-order valence-electron chi connectivity index (χ1n) is 4.50. The molecule has 0 aromatic heterocycles. The van der Waals surface area contributed by atoms with Crippen LogP contribution in [0.2, 0.25) is 0 Å². The molecule has 3 nitrogen and oxygen atoms in total. The van der Waals surface area contributed by atoms with Crippen molar-refractivity contribution in [1.82, 2.24) is 0 Å². The summed E-state index contributed by atoms with van der Waals surface area (Å²) in [6.07, 6.45) is 3.31. The van der Waals surface area contributed by atoms with E-state index in [0.29, 0.717) is 5.57 Å². The Hall–Kier alpha value is -0.830. The second-order valence-corrected chi connectivity index (χ2v) is 3.78. The van der Waals surface area contributed by atoms with Gasteiger partial charge in [0.25, 0.3) is 0 Å². The summed E-state index contributed by atoms with van der Waals surface area (Å²) in [5.41, 5.74) is 0.345. The predicted molar refractivity (Wildman–Crippen MR) is 49.1 cm³/mol. The van der Waals surface area contributed by atoms with Gasteiger partial charge in [-0.3, -0.25) is 0 Å². The smallest absolute Gasteiger partial charge is 0.335 e. The van der Waals surface area contributed by atoms with Crippen molar-refractivity contribution in [1.29, 1.82) is 0 Å². The molecule has 0 unspecified atom stereocenters. The van der Waals surface area contributed by atoms with Gasteiger partial charge in [-0.15, -0.1) is 0 Å². The third-order valence-electron chi connectivity index (χ3n) is 2.36. The first-order valence-corrected chi connectivity index (χ1v) is 4.50. The minimum Gasteiger partial charge on any atom is -0.435 e. The quantitative estimate of drug-likeness (QED) is 0.381. The normalized spacial score (nSPS) is 18.9. The maximum atomic E-state index is 10.9.